The number of rotatable bonds is 8. The Morgan fingerprint density at radius 2 is 1.73 bits per heavy atom. The van der Waals surface area contributed by atoms with Gasteiger partial charge in [0.2, 0.25) is 0 Å². The zero-order chi connectivity index (χ0) is 36.6. The maximum atomic E-state index is 14.2. The highest BCUT2D eigenvalue weighted by Gasteiger charge is 2.46. The molecule has 4 aromatic rings. The molecule has 1 aliphatic heterocycles. The number of esters is 1. The third kappa shape index (κ3) is 7.38. The molecule has 2 aromatic heterocycles. The summed E-state index contributed by atoms with van der Waals surface area (Å²) in [7, 11) is 1.26. The lowest BCUT2D eigenvalue weighted by Crippen LogP contribution is -2.45. The van der Waals surface area contributed by atoms with Gasteiger partial charge in [-0.25, -0.2) is 14.6 Å². The maximum Gasteiger partial charge on any atom is 0.407 e. The average Bonchev–Trinajstić information content (AvgIpc) is 3.84. The summed E-state index contributed by atoms with van der Waals surface area (Å²) in [6, 6.07) is 16.0. The van der Waals surface area contributed by atoms with Gasteiger partial charge in [-0.05, 0) is 118 Å². The van der Waals surface area contributed by atoms with Gasteiger partial charge in [-0.3, -0.25) is 9.59 Å². The molecular weight excluding hydrogens is 681 g/mol. The van der Waals surface area contributed by atoms with Gasteiger partial charge in [0.15, 0.2) is 5.69 Å². The van der Waals surface area contributed by atoms with E-state index in [1.165, 1.54) is 7.11 Å². The normalized spacial score (nSPS) is 18.7. The molecule has 3 amide bonds. The van der Waals surface area contributed by atoms with Crippen LogP contribution in [0.1, 0.15) is 95.3 Å². The summed E-state index contributed by atoms with van der Waals surface area (Å²) in [5.41, 5.74) is 3.46. The second kappa shape index (κ2) is 14.1. The first-order valence-corrected chi connectivity index (χ1v) is 18.5. The molecule has 3 aliphatic rings. The number of hydrogen-bond acceptors (Lipinski definition) is 9. The van der Waals surface area contributed by atoms with Crippen molar-refractivity contribution in [3.63, 3.8) is 0 Å². The Kier molecular flexibility index (Phi) is 9.51. The van der Waals surface area contributed by atoms with Crippen LogP contribution in [-0.2, 0) is 22.4 Å². The molecule has 0 radical (unpaired) electrons. The van der Waals surface area contributed by atoms with Crippen LogP contribution >= 0.6 is 11.3 Å². The number of benzene rings is 2. The second-order valence-electron chi connectivity index (χ2n) is 14.7. The number of nitrogens with zero attached hydrogens (tertiary/aromatic N) is 1. The maximum absolute atomic E-state index is 14.2. The van der Waals surface area contributed by atoms with Gasteiger partial charge < -0.3 is 30.2 Å². The van der Waals surface area contributed by atoms with Crippen molar-refractivity contribution in [1.82, 2.24) is 15.6 Å². The molecule has 7 rings (SSSR count). The molecule has 2 aromatic carbocycles. The monoisotopic (exact) mass is 722 g/mol. The fourth-order valence-electron chi connectivity index (χ4n) is 7.45. The van der Waals surface area contributed by atoms with Crippen LogP contribution in [0.2, 0.25) is 0 Å². The predicted molar refractivity (Wildman–Crippen MR) is 198 cm³/mol. The standard InChI is InChI=1S/C40H42N4O7S/c1-39(2,3)51-38(48)41-22-24-5-7-26(8-6-24)42-35(45)29-19-30-32(50-17-13-25-14-18-52-34(25)30)20-28(29)27-9-10-31(43-33(27)37(47)49-4)36(46)44-40-15-11-23(21-40)12-16-40/h5-10,14,18-20,23H,11-13,15-17,21-22H2,1-4H3,(H,41,48)(H,42,45)(H,44,46). The molecule has 2 fully saturated rings. The molecule has 11 nitrogen and oxygen atoms in total. The minimum atomic E-state index is -0.733. The van der Waals surface area contributed by atoms with Gasteiger partial charge >= 0.3 is 12.1 Å². The van der Waals surface area contributed by atoms with Crippen LogP contribution in [0.3, 0.4) is 0 Å². The number of anilines is 1. The molecule has 2 aliphatic carbocycles. The Hall–Kier alpha value is -5.23. The Morgan fingerprint density at radius 1 is 0.962 bits per heavy atom. The number of amides is 3. The summed E-state index contributed by atoms with van der Waals surface area (Å²) in [5.74, 6) is -0.275. The van der Waals surface area contributed by atoms with E-state index in [1.54, 1.807) is 80.6 Å². The number of hydrogen-bond donors (Lipinski definition) is 3. The van der Waals surface area contributed by atoms with Crippen LogP contribution in [0, 0.1) is 5.92 Å². The molecule has 270 valence electrons. The largest absolute Gasteiger partial charge is 0.493 e. The van der Waals surface area contributed by atoms with E-state index in [9.17, 15) is 19.2 Å². The van der Waals surface area contributed by atoms with Crippen LogP contribution in [0.25, 0.3) is 21.6 Å². The van der Waals surface area contributed by atoms with Gasteiger partial charge in [0.25, 0.3) is 11.8 Å². The van der Waals surface area contributed by atoms with Gasteiger partial charge in [-0.1, -0.05) is 12.1 Å². The van der Waals surface area contributed by atoms with E-state index in [-0.39, 0.29) is 34.9 Å². The highest BCUT2D eigenvalue weighted by atomic mass is 32.1. The van der Waals surface area contributed by atoms with E-state index in [2.05, 4.69) is 27.0 Å². The smallest absolute Gasteiger partial charge is 0.407 e. The first-order chi connectivity index (χ1) is 24.9. The van der Waals surface area contributed by atoms with E-state index < -0.39 is 23.6 Å². The van der Waals surface area contributed by atoms with Crippen molar-refractivity contribution in [2.75, 3.05) is 19.0 Å². The summed E-state index contributed by atoms with van der Waals surface area (Å²) in [6.07, 6.45) is 5.25. The summed E-state index contributed by atoms with van der Waals surface area (Å²) < 4.78 is 16.7. The number of fused-ring (bicyclic) bond motifs is 5. The van der Waals surface area contributed by atoms with E-state index in [0.717, 1.165) is 53.7 Å². The predicted octanol–water partition coefficient (Wildman–Crippen LogP) is 7.54. The summed E-state index contributed by atoms with van der Waals surface area (Å²) in [4.78, 5) is 58.7. The van der Waals surface area contributed by atoms with Crippen molar-refractivity contribution in [3.05, 3.63) is 88.1 Å². The first kappa shape index (κ1) is 35.2. The van der Waals surface area contributed by atoms with Crippen molar-refractivity contribution in [2.45, 2.75) is 77.0 Å². The Bertz CT molecular complexity index is 2040. The van der Waals surface area contributed by atoms with Crippen molar-refractivity contribution >= 4 is 40.9 Å². The van der Waals surface area contributed by atoms with E-state index >= 15 is 0 Å². The quantitative estimate of drug-likeness (QED) is 0.158. The topological polar surface area (TPSA) is 145 Å². The van der Waals surface area contributed by atoms with Crippen LogP contribution < -0.4 is 20.7 Å². The number of methoxy groups -OCH3 is 1. The molecule has 0 spiro atoms. The molecule has 0 unspecified atom stereocenters. The zero-order valence-electron chi connectivity index (χ0n) is 29.7. The zero-order valence-corrected chi connectivity index (χ0v) is 30.5. The van der Waals surface area contributed by atoms with Gasteiger partial charge in [-0.15, -0.1) is 11.3 Å². The van der Waals surface area contributed by atoms with Crippen molar-refractivity contribution in [1.29, 1.82) is 0 Å². The number of pyridine rings is 1. The van der Waals surface area contributed by atoms with Crippen molar-refractivity contribution < 1.29 is 33.4 Å². The molecule has 3 heterocycles. The summed E-state index contributed by atoms with van der Waals surface area (Å²) in [5, 5.41) is 11.0. The first-order valence-electron chi connectivity index (χ1n) is 17.6. The molecule has 2 saturated carbocycles. The van der Waals surface area contributed by atoms with Gasteiger partial charge in [-0.2, -0.15) is 0 Å². The fraction of sp³-hybridized carbons (Fsp3) is 0.375. The third-order valence-corrected chi connectivity index (χ3v) is 10.9. The molecule has 2 bridgehead atoms. The number of thiophene rings is 1. The van der Waals surface area contributed by atoms with E-state index in [1.807, 2.05) is 5.38 Å². The molecule has 0 atom stereocenters. The second-order valence-corrected chi connectivity index (χ2v) is 15.7. The Labute approximate surface area is 306 Å². The van der Waals surface area contributed by atoms with Crippen molar-refractivity contribution in [3.8, 4) is 27.3 Å². The number of carbonyl (C=O) groups is 4. The summed E-state index contributed by atoms with van der Waals surface area (Å²) in [6.45, 7) is 6.09. The number of aromatic nitrogens is 1. The average molecular weight is 723 g/mol. The third-order valence-electron chi connectivity index (χ3n) is 9.95. The number of alkyl carbamates (subject to hydrolysis) is 1. The number of carbonyl (C=O) groups excluding carboxylic acids is 4. The molecule has 3 N–H and O–H groups in total. The van der Waals surface area contributed by atoms with Gasteiger partial charge in [0.1, 0.15) is 17.0 Å². The van der Waals surface area contributed by atoms with Gasteiger partial charge in [0.05, 0.1) is 13.7 Å². The number of nitrogens with one attached hydrogen (secondary N) is 3. The summed E-state index contributed by atoms with van der Waals surface area (Å²) >= 11 is 1.57. The fourth-order valence-corrected chi connectivity index (χ4v) is 8.42. The van der Waals surface area contributed by atoms with Crippen molar-refractivity contribution in [2.24, 2.45) is 5.92 Å². The highest BCUT2D eigenvalue weighted by molar-refractivity contribution is 7.13. The van der Waals surface area contributed by atoms with Crippen LogP contribution in [-0.4, -0.2) is 53.7 Å². The highest BCUT2D eigenvalue weighted by Crippen LogP contribution is 2.48. The SMILES string of the molecule is COC(=O)c1nc(C(=O)NC23CCC(CC2)C3)ccc1-c1cc2c(cc1C(=O)Nc1ccc(CNC(=O)OC(C)(C)C)cc1)-c1sccc1CCO2. The van der Waals surface area contributed by atoms with Gasteiger partial charge in [0, 0.05) is 51.3 Å². The van der Waals surface area contributed by atoms with E-state index in [0.29, 0.717) is 41.5 Å². The van der Waals surface area contributed by atoms with Crippen LogP contribution in [0.15, 0.2) is 60.0 Å². The lowest BCUT2D eigenvalue weighted by molar-refractivity contribution is 0.0521. The Balaban J connectivity index is 1.22. The molecular formula is C40H42N4O7S. The lowest BCUT2D eigenvalue weighted by Gasteiger charge is -2.27. The Morgan fingerprint density at radius 3 is 2.42 bits per heavy atom. The van der Waals surface area contributed by atoms with Crippen LogP contribution in [0.5, 0.6) is 5.75 Å². The number of ether oxygens (including phenoxy) is 3. The molecule has 52 heavy (non-hydrogen) atoms. The minimum absolute atomic E-state index is 0.0790. The molecule has 0 saturated heterocycles. The van der Waals surface area contributed by atoms with E-state index in [4.69, 9.17) is 14.2 Å². The molecule has 12 heteroatoms. The minimum Gasteiger partial charge on any atom is -0.493 e. The van der Waals surface area contributed by atoms with Crippen LogP contribution in [0.4, 0.5) is 10.5 Å². The lowest BCUT2D eigenvalue weighted by atomic mass is 9.93.